The fraction of sp³-hybridized carbons (Fsp3) is 0.500. The molecule has 0 fully saturated rings. The summed E-state index contributed by atoms with van der Waals surface area (Å²) in [7, 11) is 0. The number of aliphatic hydroxyl groups excluding tert-OH is 5. The van der Waals surface area contributed by atoms with Gasteiger partial charge in [0.1, 0.15) is 53.3 Å². The van der Waals surface area contributed by atoms with Gasteiger partial charge in [0.05, 0.1) is 31.5 Å². The monoisotopic (exact) mass is 1080 g/mol. The first-order valence-electron chi connectivity index (χ1n) is 23.8. The largest absolute Gasteiger partial charge is 0.507 e. The topological polar surface area (TPSA) is 298 Å². The number of benzene rings is 2. The van der Waals surface area contributed by atoms with Gasteiger partial charge in [0.25, 0.3) is 0 Å². The fourth-order valence-electron chi connectivity index (χ4n) is 5.93. The van der Waals surface area contributed by atoms with E-state index in [1.165, 1.54) is 64.1 Å². The maximum absolute atomic E-state index is 14.8. The van der Waals surface area contributed by atoms with Crippen molar-refractivity contribution in [1.29, 1.82) is 0 Å². The number of esters is 4. The Balaban J connectivity index is 0.00000107. The maximum atomic E-state index is 14.8. The summed E-state index contributed by atoms with van der Waals surface area (Å²) in [5.41, 5.74) is -5.02. The lowest BCUT2D eigenvalue weighted by atomic mass is 9.97. The first-order valence-corrected chi connectivity index (χ1v) is 23.8. The van der Waals surface area contributed by atoms with Crippen LogP contribution in [0.3, 0.4) is 0 Å². The summed E-state index contributed by atoms with van der Waals surface area (Å²) in [4.78, 5) is 78.6. The van der Waals surface area contributed by atoms with Gasteiger partial charge in [-0.1, -0.05) is 36.4 Å². The predicted octanol–water partition coefficient (Wildman–Crippen LogP) is 6.25. The number of cyclic esters (lactones) is 2. The van der Waals surface area contributed by atoms with Crippen LogP contribution in [0.5, 0.6) is 11.5 Å². The van der Waals surface area contributed by atoms with Crippen molar-refractivity contribution in [3.8, 4) is 11.5 Å². The molecule has 18 nitrogen and oxygen atoms in total. The fourth-order valence-corrected chi connectivity index (χ4v) is 5.93. The zero-order valence-electron chi connectivity index (χ0n) is 44.6. The lowest BCUT2D eigenvalue weighted by molar-refractivity contribution is -0.163. The highest BCUT2D eigenvalue weighted by atomic mass is 19.2. The number of aryl methyl sites for hydroxylation is 2. The van der Waals surface area contributed by atoms with Crippen LogP contribution >= 0.6 is 0 Å². The Morgan fingerprint density at radius 3 is 1.37 bits per heavy atom. The summed E-state index contributed by atoms with van der Waals surface area (Å²) in [5, 5.41) is 68.9. The number of aromatic hydroxyl groups is 2. The van der Waals surface area contributed by atoms with Crippen LogP contribution in [0.2, 0.25) is 0 Å². The highest BCUT2D eigenvalue weighted by Crippen LogP contribution is 2.31. The molecule has 76 heavy (non-hydrogen) atoms. The van der Waals surface area contributed by atoms with Crippen molar-refractivity contribution in [3.05, 3.63) is 94.1 Å². The Morgan fingerprint density at radius 2 is 1.08 bits per heavy atom. The molecule has 4 rings (SSSR count). The van der Waals surface area contributed by atoms with E-state index >= 15 is 0 Å². The number of fused-ring (bicyclic) bond motifs is 2. The van der Waals surface area contributed by atoms with E-state index in [2.05, 4.69) is 9.47 Å². The average molecular weight is 1090 g/mol. The van der Waals surface area contributed by atoms with Gasteiger partial charge in [-0.25, -0.2) is 36.7 Å². The minimum absolute atomic E-state index is 0.0900. The Hall–Kier alpha value is -6.59. The highest BCUT2D eigenvalue weighted by molar-refractivity contribution is 5.98. The van der Waals surface area contributed by atoms with Gasteiger partial charge in [0.15, 0.2) is 29.1 Å². The first kappa shape index (κ1) is 69.4. The molecule has 2 heterocycles. The van der Waals surface area contributed by atoms with E-state index in [0.29, 0.717) is 22.3 Å². The van der Waals surface area contributed by atoms with Crippen LogP contribution < -0.4 is 0 Å². The quantitative estimate of drug-likeness (QED) is 0.0754. The number of halogens is 4. The van der Waals surface area contributed by atoms with Crippen molar-refractivity contribution in [2.45, 2.75) is 162 Å². The molecule has 2 aromatic carbocycles. The van der Waals surface area contributed by atoms with Gasteiger partial charge in [0, 0.05) is 0 Å². The number of hydrogen-bond donors (Lipinski definition) is 7. The molecule has 0 bridgehead atoms. The van der Waals surface area contributed by atoms with Crippen LogP contribution in [-0.2, 0) is 42.9 Å². The molecule has 3 unspecified atom stereocenters. The number of aliphatic hydroxyl groups is 5. The van der Waals surface area contributed by atoms with E-state index in [9.17, 15) is 77.0 Å². The molecule has 0 aliphatic carbocycles. The molecule has 11 atom stereocenters. The second-order valence-corrected chi connectivity index (χ2v) is 17.7. The predicted molar refractivity (Wildman–Crippen MR) is 271 cm³/mol. The molecule has 2 aliphatic rings. The number of ketones is 2. The third-order valence-electron chi connectivity index (χ3n) is 11.0. The molecule has 424 valence electrons. The minimum atomic E-state index is -2.30. The van der Waals surface area contributed by atoms with Crippen LogP contribution in [0.15, 0.2) is 60.7 Å². The van der Waals surface area contributed by atoms with Gasteiger partial charge in [-0.3, -0.25) is 9.59 Å². The normalized spacial score (nSPS) is 27.1. The summed E-state index contributed by atoms with van der Waals surface area (Å²) < 4.78 is 73.5. The molecular weight excluding hydrogens is 1010 g/mol. The minimum Gasteiger partial charge on any atom is -0.507 e. The molecule has 7 N–H and O–H groups in total. The smallest absolute Gasteiger partial charge is 0.346 e. The molecule has 0 radical (unpaired) electrons. The number of hydrogen-bond acceptors (Lipinski definition) is 18. The van der Waals surface area contributed by atoms with Crippen LogP contribution in [0.1, 0.15) is 125 Å². The molecule has 0 amide bonds. The molecule has 0 aromatic heterocycles. The number of phenols is 2. The summed E-state index contributed by atoms with van der Waals surface area (Å²) in [6.07, 6.45) is -1.82. The lowest BCUT2D eigenvalue weighted by Crippen LogP contribution is -2.42. The molecular formula is C54H72F4O18. The Morgan fingerprint density at radius 1 is 0.737 bits per heavy atom. The Kier molecular flexibility index (Phi) is 29.3. The Bertz CT molecular complexity index is 2270. The zero-order valence-corrected chi connectivity index (χ0v) is 44.6. The highest BCUT2D eigenvalue weighted by Gasteiger charge is 2.40. The summed E-state index contributed by atoms with van der Waals surface area (Å²) in [6, 6.07) is 6.00. The number of phenolic OH excluding ortho intramolecular Hbond substituents is 2. The van der Waals surface area contributed by atoms with E-state index in [-0.39, 0.29) is 48.7 Å². The first-order chi connectivity index (χ1) is 35.1. The van der Waals surface area contributed by atoms with Crippen LogP contribution in [-0.4, -0.2) is 157 Å². The van der Waals surface area contributed by atoms with Crippen molar-refractivity contribution in [2.75, 3.05) is 13.2 Å². The third kappa shape index (κ3) is 22.3. The number of carbonyl (C=O) groups is 7. The van der Waals surface area contributed by atoms with Crippen molar-refractivity contribution < 1.29 is 106 Å². The lowest BCUT2D eigenvalue weighted by Gasteiger charge is -2.25. The van der Waals surface area contributed by atoms with Gasteiger partial charge in [-0.15, -0.1) is 0 Å². The molecule has 22 heteroatoms. The Labute approximate surface area is 439 Å². The van der Waals surface area contributed by atoms with E-state index in [4.69, 9.17) is 19.4 Å². The van der Waals surface area contributed by atoms with Crippen molar-refractivity contribution in [3.63, 3.8) is 0 Å². The third-order valence-corrected chi connectivity index (χ3v) is 11.0. The van der Waals surface area contributed by atoms with Crippen molar-refractivity contribution in [2.24, 2.45) is 0 Å². The van der Waals surface area contributed by atoms with Gasteiger partial charge < -0.3 is 59.5 Å². The molecule has 0 spiro atoms. The summed E-state index contributed by atoms with van der Waals surface area (Å²) >= 11 is 0. The maximum Gasteiger partial charge on any atom is 0.346 e. The number of carbonyl (C=O) groups excluding carboxylic acids is 7. The summed E-state index contributed by atoms with van der Waals surface area (Å²) in [6.45, 7) is 16.6. The number of aldehydes is 1. The van der Waals surface area contributed by atoms with E-state index in [0.717, 1.165) is 58.3 Å². The van der Waals surface area contributed by atoms with E-state index < -0.39 is 101 Å². The van der Waals surface area contributed by atoms with Crippen LogP contribution in [0.25, 0.3) is 12.2 Å². The molecule has 0 saturated carbocycles. The van der Waals surface area contributed by atoms with Crippen molar-refractivity contribution >= 4 is 53.9 Å². The molecule has 0 saturated heterocycles. The number of rotatable bonds is 5. The SMILES string of the molecule is CC=O.CCOC(=O)C(C)(F)C(C)O.CCOC(=O)C(C)F.Cc1cc(O)c2c(c1)/C=C/C[C@H](O)[C@H](O)C(=O)/C=C\[C@@](C)(F)[C@H](C)OC2=O.Cc1cc(O)c2c(c1)/C=C/C[C@H](O)[C@H](O)C(=O)/C=C\[C@](C)(F)[C@H](C)OC2=O. The van der Waals surface area contributed by atoms with Gasteiger partial charge >= 0.3 is 23.9 Å². The second kappa shape index (κ2) is 32.1. The van der Waals surface area contributed by atoms with Crippen LogP contribution in [0, 0.1) is 13.8 Å². The van der Waals surface area contributed by atoms with Crippen molar-refractivity contribution in [1.82, 2.24) is 0 Å². The molecule has 2 aliphatic heterocycles. The standard InChI is InChI=1S/2C20H23FO6.C7H13FO3.C5H9FO2.C2H4O/c2*1-11-9-13-5-4-6-14(22)18(25)15(23)7-8-20(3,21)12(2)27-19(26)17(13)16(24)10-11;1-4-11-6(10)7(3,8)5(2)9;1-3-8-5(7)4(2)6;1-2-3/h2*4-5,7-10,12,14,18,22,24-25H,6H2,1-3H3;5,9H,4H2,1-3H3;4H,3H2,1-2H3;2H,1H3/b2*5-4+,8-7-;;;/t12-,14-,18-,20+;12-,14-,18-,20-;;;/m00.../s1. The van der Waals surface area contributed by atoms with Gasteiger partial charge in [0.2, 0.25) is 5.67 Å². The average Bonchev–Trinajstić information content (AvgIpc) is 3.31. The number of ether oxygens (including phenoxy) is 4. The zero-order chi connectivity index (χ0) is 59.1. The van der Waals surface area contributed by atoms with E-state index in [1.54, 1.807) is 39.8 Å². The molecule has 2 aromatic rings. The van der Waals surface area contributed by atoms with E-state index in [1.807, 2.05) is 0 Å². The number of alkyl halides is 4. The summed E-state index contributed by atoms with van der Waals surface area (Å²) in [5.74, 6) is -5.98. The van der Waals surface area contributed by atoms with Gasteiger partial charge in [-0.2, -0.15) is 0 Å². The second-order valence-electron chi connectivity index (χ2n) is 17.7. The van der Waals surface area contributed by atoms with Crippen LogP contribution in [0.4, 0.5) is 17.6 Å². The van der Waals surface area contributed by atoms with Gasteiger partial charge in [-0.05, 0) is 155 Å².